The highest BCUT2D eigenvalue weighted by atomic mass is 16.3. The minimum Gasteiger partial charge on any atom is -0.390 e. The summed E-state index contributed by atoms with van der Waals surface area (Å²) in [6, 6.07) is 9.92. The maximum atomic E-state index is 11.3. The van der Waals surface area contributed by atoms with Crippen molar-refractivity contribution < 1.29 is 9.90 Å². The van der Waals surface area contributed by atoms with Crippen LogP contribution in [0.25, 0.3) is 22.2 Å². The Balaban J connectivity index is 1.54. The zero-order chi connectivity index (χ0) is 19.1. The summed E-state index contributed by atoms with van der Waals surface area (Å²) in [7, 11) is 0. The topological polar surface area (TPSA) is 78.9 Å². The van der Waals surface area contributed by atoms with Gasteiger partial charge < -0.3 is 10.1 Å². The van der Waals surface area contributed by atoms with Gasteiger partial charge in [-0.1, -0.05) is 31.9 Å². The van der Waals surface area contributed by atoms with E-state index in [1.165, 1.54) is 0 Å². The first-order valence-corrected chi connectivity index (χ1v) is 9.76. The molecule has 0 aliphatic heterocycles. The van der Waals surface area contributed by atoms with Crippen LogP contribution in [0.1, 0.15) is 57.0 Å². The fourth-order valence-corrected chi connectivity index (χ4v) is 3.20. The van der Waals surface area contributed by atoms with Gasteiger partial charge in [0.15, 0.2) is 0 Å². The molecule has 0 amide bonds. The number of hydrogen-bond acceptors (Lipinski definition) is 4. The van der Waals surface area contributed by atoms with E-state index < -0.39 is 0 Å². The number of aryl methyl sites for hydroxylation is 1. The van der Waals surface area contributed by atoms with Crippen molar-refractivity contribution in [2.75, 3.05) is 0 Å². The molecule has 0 spiro atoms. The summed E-state index contributed by atoms with van der Waals surface area (Å²) >= 11 is 0. The first-order valence-electron chi connectivity index (χ1n) is 9.76. The number of benzene rings is 1. The lowest BCUT2D eigenvalue weighted by Gasteiger charge is -2.03. The fraction of sp³-hybridized carbons (Fsp3) is 0.409. The largest absolute Gasteiger partial charge is 0.390 e. The Morgan fingerprint density at radius 3 is 2.78 bits per heavy atom. The second-order valence-electron chi connectivity index (χ2n) is 6.92. The van der Waals surface area contributed by atoms with Gasteiger partial charge in [0.2, 0.25) is 0 Å². The van der Waals surface area contributed by atoms with Crippen LogP contribution in [0.3, 0.4) is 0 Å². The number of imidazole rings is 1. The van der Waals surface area contributed by atoms with Gasteiger partial charge in [0, 0.05) is 30.2 Å². The van der Waals surface area contributed by atoms with Crippen molar-refractivity contribution in [3.63, 3.8) is 0 Å². The predicted molar refractivity (Wildman–Crippen MR) is 107 cm³/mol. The maximum Gasteiger partial charge on any atom is 0.132 e. The van der Waals surface area contributed by atoms with Gasteiger partial charge in [0.1, 0.15) is 11.6 Å². The van der Waals surface area contributed by atoms with Crippen LogP contribution in [-0.2, 0) is 17.8 Å². The summed E-state index contributed by atoms with van der Waals surface area (Å²) in [5.41, 5.74) is 3.65. The molecule has 3 rings (SSSR count). The molecule has 0 fully saturated rings. The molecule has 0 unspecified atom stereocenters. The van der Waals surface area contributed by atoms with Crippen molar-refractivity contribution in [1.29, 1.82) is 0 Å². The Labute approximate surface area is 159 Å². The average Bonchev–Trinajstić information content (AvgIpc) is 3.18. The van der Waals surface area contributed by atoms with Crippen LogP contribution >= 0.6 is 0 Å². The number of aromatic amines is 1. The van der Waals surface area contributed by atoms with Crippen LogP contribution in [0.5, 0.6) is 0 Å². The van der Waals surface area contributed by atoms with Gasteiger partial charge in [-0.2, -0.15) is 0 Å². The molecular formula is C22H27N3O2. The molecule has 5 nitrogen and oxygen atoms in total. The molecule has 0 bridgehead atoms. The number of pyridine rings is 1. The summed E-state index contributed by atoms with van der Waals surface area (Å²) in [5.74, 6) is 1.37. The van der Waals surface area contributed by atoms with Gasteiger partial charge in [0.25, 0.3) is 0 Å². The SMILES string of the molecule is CCC(=O)CCCCCCc1ncc(-c2ccc3nc(CO)ccc3c2)[nH]1. The van der Waals surface area contributed by atoms with E-state index in [2.05, 4.69) is 21.0 Å². The Hall–Kier alpha value is -2.53. The molecule has 0 radical (unpaired) electrons. The van der Waals surface area contributed by atoms with E-state index in [4.69, 9.17) is 0 Å². The van der Waals surface area contributed by atoms with Gasteiger partial charge in [-0.3, -0.25) is 9.78 Å². The molecule has 5 heteroatoms. The predicted octanol–water partition coefficient (Wildman–Crippen LogP) is 4.59. The van der Waals surface area contributed by atoms with E-state index in [0.717, 1.165) is 66.5 Å². The molecule has 27 heavy (non-hydrogen) atoms. The molecule has 2 heterocycles. The van der Waals surface area contributed by atoms with Crippen molar-refractivity contribution in [2.24, 2.45) is 0 Å². The van der Waals surface area contributed by atoms with Crippen LogP contribution in [0, 0.1) is 0 Å². The zero-order valence-corrected chi connectivity index (χ0v) is 15.9. The molecule has 142 valence electrons. The maximum absolute atomic E-state index is 11.3. The number of carbonyl (C=O) groups excluding carboxylic acids is 1. The highest BCUT2D eigenvalue weighted by molar-refractivity contribution is 5.83. The number of Topliss-reactive ketones (excluding diaryl/α,β-unsaturated/α-hetero) is 1. The van der Waals surface area contributed by atoms with E-state index in [1.807, 2.05) is 37.4 Å². The standard InChI is InChI=1S/C22H27N3O2/c1-2-19(27)7-5-3-4-6-8-22-23-14-21(25-22)17-10-12-20-16(13-17)9-11-18(15-26)24-20/h9-14,26H,2-8,15H2,1H3,(H,23,25). The zero-order valence-electron chi connectivity index (χ0n) is 15.9. The second-order valence-corrected chi connectivity index (χ2v) is 6.92. The first-order chi connectivity index (χ1) is 13.2. The monoisotopic (exact) mass is 365 g/mol. The van der Waals surface area contributed by atoms with Gasteiger partial charge in [-0.05, 0) is 31.0 Å². The van der Waals surface area contributed by atoms with Crippen molar-refractivity contribution >= 4 is 16.7 Å². The third-order valence-corrected chi connectivity index (χ3v) is 4.86. The minimum atomic E-state index is -0.0451. The minimum absolute atomic E-state index is 0.0451. The summed E-state index contributed by atoms with van der Waals surface area (Å²) in [6.07, 6.45) is 8.50. The summed E-state index contributed by atoms with van der Waals surface area (Å²) < 4.78 is 0. The normalized spacial score (nSPS) is 11.2. The van der Waals surface area contributed by atoms with Crippen LogP contribution < -0.4 is 0 Å². The summed E-state index contributed by atoms with van der Waals surface area (Å²) in [6.45, 7) is 1.88. The quantitative estimate of drug-likeness (QED) is 0.515. The number of aromatic nitrogens is 3. The lowest BCUT2D eigenvalue weighted by Crippen LogP contribution is -1.94. The Kier molecular flexibility index (Phi) is 6.71. The molecule has 1 aromatic carbocycles. The van der Waals surface area contributed by atoms with E-state index in [1.54, 1.807) is 0 Å². The van der Waals surface area contributed by atoms with Crippen molar-refractivity contribution in [3.05, 3.63) is 48.0 Å². The summed E-state index contributed by atoms with van der Waals surface area (Å²) in [5, 5.41) is 10.2. The number of ketones is 1. The van der Waals surface area contributed by atoms with Crippen molar-refractivity contribution in [3.8, 4) is 11.3 Å². The van der Waals surface area contributed by atoms with Gasteiger partial charge in [0.05, 0.1) is 29.7 Å². The molecule has 2 N–H and O–H groups in total. The fourth-order valence-electron chi connectivity index (χ4n) is 3.20. The van der Waals surface area contributed by atoms with Gasteiger partial charge in [-0.15, -0.1) is 0 Å². The third kappa shape index (κ3) is 5.23. The third-order valence-electron chi connectivity index (χ3n) is 4.86. The lowest BCUT2D eigenvalue weighted by atomic mass is 10.1. The number of hydrogen-bond donors (Lipinski definition) is 2. The van der Waals surface area contributed by atoms with Crippen LogP contribution in [0.15, 0.2) is 36.5 Å². The molecule has 0 saturated carbocycles. The van der Waals surface area contributed by atoms with Crippen molar-refractivity contribution in [1.82, 2.24) is 15.0 Å². The molecule has 2 aromatic heterocycles. The Morgan fingerprint density at radius 2 is 1.96 bits per heavy atom. The number of carbonyl (C=O) groups is 1. The number of nitrogens with one attached hydrogen (secondary N) is 1. The second kappa shape index (κ2) is 9.42. The van der Waals surface area contributed by atoms with Crippen LogP contribution in [-0.4, -0.2) is 25.8 Å². The molecule has 0 aliphatic rings. The molecular weight excluding hydrogens is 338 g/mol. The number of aliphatic hydroxyl groups is 1. The number of H-pyrrole nitrogens is 1. The highest BCUT2D eigenvalue weighted by Gasteiger charge is 2.06. The summed E-state index contributed by atoms with van der Waals surface area (Å²) in [4.78, 5) is 23.6. The number of fused-ring (bicyclic) bond motifs is 1. The van der Waals surface area contributed by atoms with E-state index >= 15 is 0 Å². The Morgan fingerprint density at radius 1 is 1.11 bits per heavy atom. The van der Waals surface area contributed by atoms with Crippen LogP contribution in [0.2, 0.25) is 0 Å². The molecule has 0 aliphatic carbocycles. The molecule has 0 saturated heterocycles. The molecule has 0 atom stereocenters. The number of nitrogens with zero attached hydrogens (tertiary/aromatic N) is 2. The Bertz CT molecular complexity index is 901. The number of unbranched alkanes of at least 4 members (excludes halogenated alkanes) is 3. The average molecular weight is 365 g/mol. The van der Waals surface area contributed by atoms with Gasteiger partial charge in [-0.25, -0.2) is 4.98 Å². The van der Waals surface area contributed by atoms with E-state index in [9.17, 15) is 9.90 Å². The van der Waals surface area contributed by atoms with Gasteiger partial charge >= 0.3 is 0 Å². The molecule has 3 aromatic rings. The van der Waals surface area contributed by atoms with E-state index in [-0.39, 0.29) is 6.61 Å². The van der Waals surface area contributed by atoms with Crippen molar-refractivity contribution in [2.45, 2.75) is 58.5 Å². The number of aliphatic hydroxyl groups excluding tert-OH is 1. The number of rotatable bonds is 10. The first kappa shape index (κ1) is 19.2. The van der Waals surface area contributed by atoms with E-state index in [0.29, 0.717) is 17.9 Å². The highest BCUT2D eigenvalue weighted by Crippen LogP contribution is 2.23. The van der Waals surface area contributed by atoms with Crippen LogP contribution in [0.4, 0.5) is 0 Å². The smallest absolute Gasteiger partial charge is 0.132 e. The lowest BCUT2D eigenvalue weighted by molar-refractivity contribution is -0.118.